The van der Waals surface area contributed by atoms with E-state index in [9.17, 15) is 5.11 Å². The van der Waals surface area contributed by atoms with Crippen LogP contribution in [0, 0.1) is 0 Å². The minimum absolute atomic E-state index is 0.279. The van der Waals surface area contributed by atoms with E-state index in [0.29, 0.717) is 11.8 Å². The average Bonchev–Trinajstić information content (AvgIpc) is 2.53. The van der Waals surface area contributed by atoms with Crippen molar-refractivity contribution in [3.05, 3.63) is 29.3 Å². The van der Waals surface area contributed by atoms with Gasteiger partial charge in [0.2, 0.25) is 0 Å². The fourth-order valence-corrected chi connectivity index (χ4v) is 3.46. The Balaban J connectivity index is 1.60. The lowest BCUT2D eigenvalue weighted by molar-refractivity contribution is -0.0266. The molecule has 4 heteroatoms. The number of phenolic OH excluding ortho intramolecular Hbond substituents is 1. The highest BCUT2D eigenvalue weighted by atomic mass is 16.5. The normalized spacial score (nSPS) is 26.5. The van der Waals surface area contributed by atoms with Crippen molar-refractivity contribution in [3.63, 3.8) is 0 Å². The summed E-state index contributed by atoms with van der Waals surface area (Å²) in [7, 11) is 0. The molecule has 3 rings (SSSR count). The minimum atomic E-state index is 0.279. The lowest BCUT2D eigenvalue weighted by atomic mass is 9.87. The predicted octanol–water partition coefficient (Wildman–Crippen LogP) is 2.08. The first-order valence-corrected chi connectivity index (χ1v) is 8.15. The molecule has 1 aliphatic carbocycles. The summed E-state index contributed by atoms with van der Waals surface area (Å²) in [6, 6.07) is 6.13. The van der Waals surface area contributed by atoms with Crippen LogP contribution in [-0.4, -0.2) is 48.9 Å². The van der Waals surface area contributed by atoms with Crippen molar-refractivity contribution in [2.45, 2.75) is 38.3 Å². The summed E-state index contributed by atoms with van der Waals surface area (Å²) >= 11 is 0. The van der Waals surface area contributed by atoms with Crippen molar-refractivity contribution in [3.8, 4) is 5.75 Å². The lowest BCUT2D eigenvalue weighted by Gasteiger charge is -2.34. The van der Waals surface area contributed by atoms with Gasteiger partial charge in [0.25, 0.3) is 0 Å². The number of rotatable bonds is 4. The molecule has 2 N–H and O–H groups in total. The van der Waals surface area contributed by atoms with Gasteiger partial charge in [-0.15, -0.1) is 0 Å². The maximum absolute atomic E-state index is 9.73. The van der Waals surface area contributed by atoms with Crippen molar-refractivity contribution in [2.24, 2.45) is 0 Å². The van der Waals surface area contributed by atoms with Crippen LogP contribution in [0.25, 0.3) is 0 Å². The van der Waals surface area contributed by atoms with Gasteiger partial charge in [-0.2, -0.15) is 0 Å². The SMILES string of the molecule is CCN1CCOC(CNC2CCCc3ccc(O)cc32)C1. The van der Waals surface area contributed by atoms with Gasteiger partial charge in [0, 0.05) is 25.7 Å². The average molecular weight is 290 g/mol. The number of hydrogen-bond acceptors (Lipinski definition) is 4. The smallest absolute Gasteiger partial charge is 0.115 e. The number of morpholine rings is 1. The third kappa shape index (κ3) is 3.57. The first-order valence-electron chi connectivity index (χ1n) is 8.15. The number of nitrogens with zero attached hydrogens (tertiary/aromatic N) is 1. The van der Waals surface area contributed by atoms with Crippen molar-refractivity contribution < 1.29 is 9.84 Å². The Bertz CT molecular complexity index is 478. The minimum Gasteiger partial charge on any atom is -0.508 e. The van der Waals surface area contributed by atoms with Crippen molar-refractivity contribution >= 4 is 0 Å². The third-order valence-electron chi connectivity index (χ3n) is 4.71. The van der Waals surface area contributed by atoms with Crippen LogP contribution in [0.4, 0.5) is 0 Å². The maximum Gasteiger partial charge on any atom is 0.115 e. The number of likely N-dealkylation sites (N-methyl/N-ethyl adjacent to an activating group) is 1. The molecule has 0 aromatic heterocycles. The highest BCUT2D eigenvalue weighted by Crippen LogP contribution is 2.32. The summed E-state index contributed by atoms with van der Waals surface area (Å²) in [5.41, 5.74) is 2.64. The number of fused-ring (bicyclic) bond motifs is 1. The highest BCUT2D eigenvalue weighted by Gasteiger charge is 2.23. The van der Waals surface area contributed by atoms with Crippen molar-refractivity contribution in [2.75, 3.05) is 32.8 Å². The van der Waals surface area contributed by atoms with Gasteiger partial charge < -0.3 is 15.2 Å². The zero-order chi connectivity index (χ0) is 14.7. The van der Waals surface area contributed by atoms with E-state index in [2.05, 4.69) is 23.2 Å². The van der Waals surface area contributed by atoms with E-state index in [1.54, 1.807) is 6.07 Å². The van der Waals surface area contributed by atoms with E-state index in [4.69, 9.17) is 4.74 Å². The Hall–Kier alpha value is -1.10. The number of aromatic hydroxyl groups is 1. The first-order chi connectivity index (χ1) is 10.3. The molecule has 1 aliphatic heterocycles. The fourth-order valence-electron chi connectivity index (χ4n) is 3.46. The summed E-state index contributed by atoms with van der Waals surface area (Å²) in [5.74, 6) is 0.369. The molecule has 4 nitrogen and oxygen atoms in total. The Morgan fingerprint density at radius 1 is 1.43 bits per heavy atom. The second-order valence-electron chi connectivity index (χ2n) is 6.12. The molecule has 2 unspecified atom stereocenters. The molecule has 1 aromatic carbocycles. The van der Waals surface area contributed by atoms with Crippen LogP contribution in [0.15, 0.2) is 18.2 Å². The Morgan fingerprint density at radius 2 is 2.33 bits per heavy atom. The number of phenols is 1. The highest BCUT2D eigenvalue weighted by molar-refractivity contribution is 5.38. The molecule has 2 atom stereocenters. The van der Waals surface area contributed by atoms with Crippen LogP contribution in [0.5, 0.6) is 5.75 Å². The summed E-state index contributed by atoms with van der Waals surface area (Å²) in [5, 5.41) is 13.4. The zero-order valence-electron chi connectivity index (χ0n) is 12.8. The number of ether oxygens (including phenoxy) is 1. The first kappa shape index (κ1) is 14.8. The number of benzene rings is 1. The number of nitrogens with one attached hydrogen (secondary N) is 1. The molecule has 1 saturated heterocycles. The van der Waals surface area contributed by atoms with Gasteiger partial charge in [-0.1, -0.05) is 13.0 Å². The fraction of sp³-hybridized carbons (Fsp3) is 0.647. The number of aryl methyl sites for hydroxylation is 1. The topological polar surface area (TPSA) is 44.7 Å². The van der Waals surface area contributed by atoms with Gasteiger partial charge >= 0.3 is 0 Å². The van der Waals surface area contributed by atoms with Gasteiger partial charge in [0.1, 0.15) is 5.75 Å². The molecule has 0 radical (unpaired) electrons. The molecule has 0 spiro atoms. The second-order valence-corrected chi connectivity index (χ2v) is 6.12. The Kier molecular flexibility index (Phi) is 4.78. The molecule has 1 aromatic rings. The monoisotopic (exact) mass is 290 g/mol. The maximum atomic E-state index is 9.73. The molecular formula is C17H26N2O2. The van der Waals surface area contributed by atoms with E-state index in [1.165, 1.54) is 17.5 Å². The van der Waals surface area contributed by atoms with Crippen LogP contribution in [0.2, 0.25) is 0 Å². The Labute approximate surface area is 127 Å². The molecule has 0 amide bonds. The molecule has 0 bridgehead atoms. The van der Waals surface area contributed by atoms with E-state index in [0.717, 1.165) is 45.6 Å². The van der Waals surface area contributed by atoms with Crippen LogP contribution in [0.1, 0.15) is 36.9 Å². The van der Waals surface area contributed by atoms with Crippen molar-refractivity contribution in [1.82, 2.24) is 10.2 Å². The molecule has 21 heavy (non-hydrogen) atoms. The van der Waals surface area contributed by atoms with Gasteiger partial charge in [-0.3, -0.25) is 4.90 Å². The lowest BCUT2D eigenvalue weighted by Crippen LogP contribution is -2.47. The molecule has 0 saturated carbocycles. The summed E-state index contributed by atoms with van der Waals surface area (Å²) < 4.78 is 5.86. The van der Waals surface area contributed by atoms with Gasteiger partial charge in [-0.05, 0) is 49.1 Å². The molecular weight excluding hydrogens is 264 g/mol. The predicted molar refractivity (Wildman–Crippen MR) is 83.6 cm³/mol. The molecule has 1 heterocycles. The second kappa shape index (κ2) is 6.77. The summed E-state index contributed by atoms with van der Waals surface area (Å²) in [6.07, 6.45) is 3.75. The van der Waals surface area contributed by atoms with Gasteiger partial charge in [0.05, 0.1) is 12.7 Å². The van der Waals surface area contributed by atoms with Crippen LogP contribution in [-0.2, 0) is 11.2 Å². The Morgan fingerprint density at radius 3 is 3.19 bits per heavy atom. The van der Waals surface area contributed by atoms with E-state index >= 15 is 0 Å². The summed E-state index contributed by atoms with van der Waals surface area (Å²) in [6.45, 7) is 7.09. The van der Waals surface area contributed by atoms with Crippen molar-refractivity contribution in [1.29, 1.82) is 0 Å². The summed E-state index contributed by atoms with van der Waals surface area (Å²) in [4.78, 5) is 2.44. The van der Waals surface area contributed by atoms with E-state index < -0.39 is 0 Å². The number of hydrogen-bond donors (Lipinski definition) is 2. The quantitative estimate of drug-likeness (QED) is 0.891. The van der Waals surface area contributed by atoms with Gasteiger partial charge in [-0.25, -0.2) is 0 Å². The van der Waals surface area contributed by atoms with Gasteiger partial charge in [0.15, 0.2) is 0 Å². The van der Waals surface area contributed by atoms with Crippen LogP contribution >= 0.6 is 0 Å². The largest absolute Gasteiger partial charge is 0.508 e. The zero-order valence-corrected chi connectivity index (χ0v) is 12.8. The molecule has 116 valence electrons. The van der Waals surface area contributed by atoms with E-state index in [-0.39, 0.29) is 6.10 Å². The molecule has 1 fully saturated rings. The van der Waals surface area contributed by atoms with Crippen LogP contribution in [0.3, 0.4) is 0 Å². The van der Waals surface area contributed by atoms with E-state index in [1.807, 2.05) is 6.07 Å². The molecule has 2 aliphatic rings. The standard InChI is InChI=1S/C17H26N2O2/c1-2-19-8-9-21-15(12-19)11-18-17-5-3-4-13-6-7-14(20)10-16(13)17/h6-7,10,15,17-18,20H,2-5,8-9,11-12H2,1H3. The third-order valence-corrected chi connectivity index (χ3v) is 4.71. The van der Waals surface area contributed by atoms with Crippen LogP contribution < -0.4 is 5.32 Å².